The molecular weight excluding hydrogens is 378 g/mol. The number of aromatic nitrogens is 3. The minimum atomic E-state index is -0.316. The molecule has 1 aliphatic rings. The molecule has 4 rings (SSSR count). The molecule has 8 heteroatoms. The maximum Gasteiger partial charge on any atom is 0.323 e. The van der Waals surface area contributed by atoms with Crippen LogP contribution in [-0.2, 0) is 0 Å². The van der Waals surface area contributed by atoms with Gasteiger partial charge in [-0.25, -0.2) is 19.7 Å². The molecule has 0 unspecified atom stereocenters. The van der Waals surface area contributed by atoms with Crippen LogP contribution in [0.15, 0.2) is 55.0 Å². The quantitative estimate of drug-likeness (QED) is 0.694. The minimum Gasteiger partial charge on any atom is -0.353 e. The highest BCUT2D eigenvalue weighted by atomic mass is 16.2. The van der Waals surface area contributed by atoms with Crippen LogP contribution >= 0.6 is 0 Å². The lowest BCUT2D eigenvalue weighted by molar-refractivity contribution is 0.262. The lowest BCUT2D eigenvalue weighted by atomic mass is 10.1. The summed E-state index contributed by atoms with van der Waals surface area (Å²) in [5.74, 6) is 1.66. The van der Waals surface area contributed by atoms with Gasteiger partial charge in [0.15, 0.2) is 0 Å². The largest absolute Gasteiger partial charge is 0.353 e. The number of nitrogens with zero attached hydrogens (tertiary/aromatic N) is 5. The van der Waals surface area contributed by atoms with E-state index in [-0.39, 0.29) is 6.03 Å². The van der Waals surface area contributed by atoms with Gasteiger partial charge < -0.3 is 20.4 Å². The Bertz CT molecular complexity index is 1000. The maximum absolute atomic E-state index is 12.3. The van der Waals surface area contributed by atoms with Crippen molar-refractivity contribution < 1.29 is 4.79 Å². The van der Waals surface area contributed by atoms with Crippen LogP contribution in [0, 0.1) is 13.8 Å². The number of hydrogen-bond acceptors (Lipinski definition) is 6. The van der Waals surface area contributed by atoms with Crippen molar-refractivity contribution in [3.63, 3.8) is 0 Å². The number of nitrogens with one attached hydrogen (secondary N) is 2. The first-order chi connectivity index (χ1) is 14.6. The second kappa shape index (κ2) is 8.77. The Morgan fingerprint density at radius 1 is 0.867 bits per heavy atom. The lowest BCUT2D eigenvalue weighted by Crippen LogP contribution is -2.47. The van der Waals surface area contributed by atoms with Gasteiger partial charge in [-0.3, -0.25) is 0 Å². The molecule has 1 saturated heterocycles. The van der Waals surface area contributed by atoms with Crippen molar-refractivity contribution in [3.8, 4) is 0 Å². The molecule has 2 aromatic heterocycles. The number of carbonyl (C=O) groups excluding carboxylic acids is 1. The van der Waals surface area contributed by atoms with Gasteiger partial charge in [-0.15, -0.1) is 0 Å². The van der Waals surface area contributed by atoms with E-state index in [2.05, 4.69) is 35.4 Å². The molecule has 154 valence electrons. The fraction of sp³-hybridized carbons (Fsp3) is 0.273. The van der Waals surface area contributed by atoms with E-state index in [1.165, 1.54) is 0 Å². The van der Waals surface area contributed by atoms with E-state index in [4.69, 9.17) is 0 Å². The molecule has 0 atom stereocenters. The summed E-state index contributed by atoms with van der Waals surface area (Å²) in [6.45, 7) is 7.35. The Kier molecular flexibility index (Phi) is 5.74. The van der Waals surface area contributed by atoms with Crippen LogP contribution in [0.1, 0.15) is 11.1 Å². The van der Waals surface area contributed by atoms with E-state index < -0.39 is 0 Å². The van der Waals surface area contributed by atoms with E-state index in [0.29, 0.717) is 11.6 Å². The number of rotatable bonds is 4. The van der Waals surface area contributed by atoms with E-state index >= 15 is 0 Å². The fourth-order valence-corrected chi connectivity index (χ4v) is 3.40. The summed E-state index contributed by atoms with van der Waals surface area (Å²) in [5.41, 5.74) is 3.51. The van der Waals surface area contributed by atoms with Crippen molar-refractivity contribution in [2.45, 2.75) is 13.8 Å². The van der Waals surface area contributed by atoms with Crippen molar-refractivity contribution in [1.29, 1.82) is 0 Å². The van der Waals surface area contributed by atoms with Crippen LogP contribution < -0.4 is 20.4 Å². The van der Waals surface area contributed by atoms with Crippen molar-refractivity contribution in [2.75, 3.05) is 46.6 Å². The summed E-state index contributed by atoms with van der Waals surface area (Å²) in [4.78, 5) is 30.0. The summed E-state index contributed by atoms with van der Waals surface area (Å²) >= 11 is 0. The van der Waals surface area contributed by atoms with Gasteiger partial charge in [0.2, 0.25) is 5.95 Å². The van der Waals surface area contributed by atoms with Crippen molar-refractivity contribution in [2.24, 2.45) is 0 Å². The predicted molar refractivity (Wildman–Crippen MR) is 119 cm³/mol. The normalized spacial score (nSPS) is 13.8. The molecule has 0 spiro atoms. The molecule has 0 saturated carbocycles. The smallest absolute Gasteiger partial charge is 0.323 e. The molecule has 1 aliphatic heterocycles. The summed E-state index contributed by atoms with van der Waals surface area (Å²) in [7, 11) is 0. The Hall–Kier alpha value is -3.68. The number of aryl methyl sites for hydroxylation is 1. The number of benzene rings is 1. The number of pyridine rings is 1. The maximum atomic E-state index is 12.3. The second-order valence-electron chi connectivity index (χ2n) is 7.26. The van der Waals surface area contributed by atoms with Gasteiger partial charge in [-0.05, 0) is 43.2 Å². The zero-order chi connectivity index (χ0) is 20.9. The Labute approximate surface area is 176 Å². The van der Waals surface area contributed by atoms with Crippen molar-refractivity contribution >= 4 is 29.2 Å². The average molecular weight is 403 g/mol. The predicted octanol–water partition coefficient (Wildman–Crippen LogP) is 3.46. The first-order valence-corrected chi connectivity index (χ1v) is 9.97. The van der Waals surface area contributed by atoms with E-state index in [0.717, 1.165) is 48.8 Å². The van der Waals surface area contributed by atoms with Gasteiger partial charge >= 0.3 is 6.03 Å². The third-order valence-corrected chi connectivity index (χ3v) is 5.28. The molecule has 1 aromatic carbocycles. The zero-order valence-electron chi connectivity index (χ0n) is 17.2. The highest BCUT2D eigenvalue weighted by Gasteiger charge is 2.19. The monoisotopic (exact) mass is 403 g/mol. The number of carbonyl (C=O) groups is 1. The molecular formula is C22H25N7O. The van der Waals surface area contributed by atoms with E-state index in [9.17, 15) is 4.79 Å². The van der Waals surface area contributed by atoms with Gasteiger partial charge in [0.1, 0.15) is 5.82 Å². The average Bonchev–Trinajstić information content (AvgIpc) is 2.78. The van der Waals surface area contributed by atoms with Crippen LogP contribution in [0.4, 0.5) is 27.9 Å². The summed E-state index contributed by atoms with van der Waals surface area (Å²) < 4.78 is 0. The topological polar surface area (TPSA) is 86.3 Å². The van der Waals surface area contributed by atoms with Gasteiger partial charge in [0, 0.05) is 38.1 Å². The van der Waals surface area contributed by atoms with Crippen molar-refractivity contribution in [3.05, 3.63) is 66.1 Å². The third-order valence-electron chi connectivity index (χ3n) is 5.28. The molecule has 1 fully saturated rings. The zero-order valence-corrected chi connectivity index (χ0v) is 17.2. The SMILES string of the molecule is Cc1cccc(NC(=O)Nc2cnc(N3CCN(c4ccccn4)CC3)nc2)c1C. The number of hydrogen-bond donors (Lipinski definition) is 2. The van der Waals surface area contributed by atoms with Gasteiger partial charge in [0.05, 0.1) is 18.1 Å². The van der Waals surface area contributed by atoms with Gasteiger partial charge in [-0.1, -0.05) is 18.2 Å². The van der Waals surface area contributed by atoms with Gasteiger partial charge in [-0.2, -0.15) is 0 Å². The number of amides is 2. The number of anilines is 4. The third kappa shape index (κ3) is 4.48. The Balaban J connectivity index is 1.32. The first-order valence-electron chi connectivity index (χ1n) is 9.97. The lowest BCUT2D eigenvalue weighted by Gasteiger charge is -2.35. The van der Waals surface area contributed by atoms with Crippen LogP contribution in [0.2, 0.25) is 0 Å². The standard InChI is InChI=1S/C22H25N7O/c1-16-6-5-7-19(17(16)2)27-22(30)26-18-14-24-21(25-15-18)29-12-10-28(11-13-29)20-8-3-4-9-23-20/h3-9,14-15H,10-13H2,1-2H3,(H2,26,27,30). The van der Waals surface area contributed by atoms with Gasteiger partial charge in [0.25, 0.3) is 0 Å². The highest BCUT2D eigenvalue weighted by Crippen LogP contribution is 2.19. The Morgan fingerprint density at radius 2 is 1.60 bits per heavy atom. The second-order valence-corrected chi connectivity index (χ2v) is 7.26. The molecule has 3 aromatic rings. The molecule has 3 heterocycles. The molecule has 0 bridgehead atoms. The van der Waals surface area contributed by atoms with Crippen LogP contribution in [0.5, 0.6) is 0 Å². The van der Waals surface area contributed by atoms with E-state index in [1.807, 2.05) is 56.4 Å². The molecule has 2 N–H and O–H groups in total. The van der Waals surface area contributed by atoms with Crippen LogP contribution in [0.3, 0.4) is 0 Å². The summed E-state index contributed by atoms with van der Waals surface area (Å²) in [6, 6.07) is 11.4. The number of piperazine rings is 1. The molecule has 2 amide bonds. The highest BCUT2D eigenvalue weighted by molar-refractivity contribution is 6.00. The molecule has 8 nitrogen and oxygen atoms in total. The summed E-state index contributed by atoms with van der Waals surface area (Å²) in [6.07, 6.45) is 5.08. The molecule has 30 heavy (non-hydrogen) atoms. The van der Waals surface area contributed by atoms with Crippen molar-refractivity contribution in [1.82, 2.24) is 15.0 Å². The first kappa shape index (κ1) is 19.6. The van der Waals surface area contributed by atoms with Crippen LogP contribution in [-0.4, -0.2) is 47.2 Å². The Morgan fingerprint density at radius 3 is 2.30 bits per heavy atom. The molecule has 0 aliphatic carbocycles. The minimum absolute atomic E-state index is 0.316. The fourth-order valence-electron chi connectivity index (χ4n) is 3.40. The molecule has 0 radical (unpaired) electrons. The number of urea groups is 1. The van der Waals surface area contributed by atoms with Crippen LogP contribution in [0.25, 0.3) is 0 Å². The summed E-state index contributed by atoms with van der Waals surface area (Å²) in [5, 5.41) is 5.66. The van der Waals surface area contributed by atoms with E-state index in [1.54, 1.807) is 12.4 Å².